The van der Waals surface area contributed by atoms with Crippen LogP contribution in [0.1, 0.15) is 90.4 Å². The zero-order valence-electron chi connectivity index (χ0n) is 15.3. The lowest BCUT2D eigenvalue weighted by Gasteiger charge is -2.39. The lowest BCUT2D eigenvalue weighted by atomic mass is 9.67. The molecule has 0 aromatic rings. The molecule has 3 heteroatoms. The summed E-state index contributed by atoms with van der Waals surface area (Å²) in [5.74, 6) is 3.16. The van der Waals surface area contributed by atoms with E-state index in [0.29, 0.717) is 18.8 Å². The summed E-state index contributed by atoms with van der Waals surface area (Å²) in [6.07, 6.45) is 10.8. The maximum atomic E-state index is 12.8. The van der Waals surface area contributed by atoms with Crippen LogP contribution in [-0.2, 0) is 0 Å². The zero-order valence-corrected chi connectivity index (χ0v) is 15.3. The molecule has 3 rings (SSSR count). The Kier molecular flexibility index (Phi) is 6.19. The summed E-state index contributed by atoms with van der Waals surface area (Å²) in [6.45, 7) is 2.30. The predicted octanol–water partition coefficient (Wildman–Crippen LogP) is 7.38. The van der Waals surface area contributed by atoms with E-state index in [9.17, 15) is 13.2 Å². The SMILES string of the molecule is CCCC1CCC(C2CCC(C3CCC(C(F)(F)F)CC3)CC2)C1. The average Bonchev–Trinajstić information content (AvgIpc) is 3.03. The second-order valence-electron chi connectivity index (χ2n) is 9.06. The van der Waals surface area contributed by atoms with Gasteiger partial charge in [-0.25, -0.2) is 0 Å². The molecule has 0 N–H and O–H groups in total. The molecule has 0 saturated heterocycles. The lowest BCUT2D eigenvalue weighted by Crippen LogP contribution is -2.32. The van der Waals surface area contributed by atoms with Gasteiger partial charge in [0, 0.05) is 0 Å². The molecule has 140 valence electrons. The second-order valence-corrected chi connectivity index (χ2v) is 9.06. The predicted molar refractivity (Wildman–Crippen MR) is 92.7 cm³/mol. The van der Waals surface area contributed by atoms with E-state index in [-0.39, 0.29) is 0 Å². The first-order chi connectivity index (χ1) is 11.5. The topological polar surface area (TPSA) is 0 Å². The largest absolute Gasteiger partial charge is 0.391 e. The molecule has 0 aromatic carbocycles. The molecule has 24 heavy (non-hydrogen) atoms. The maximum Gasteiger partial charge on any atom is 0.391 e. The van der Waals surface area contributed by atoms with Gasteiger partial charge in [-0.2, -0.15) is 13.2 Å². The van der Waals surface area contributed by atoms with Crippen LogP contribution in [0.15, 0.2) is 0 Å². The van der Waals surface area contributed by atoms with Gasteiger partial charge in [-0.1, -0.05) is 26.2 Å². The van der Waals surface area contributed by atoms with Crippen molar-refractivity contribution in [1.29, 1.82) is 0 Å². The van der Waals surface area contributed by atoms with E-state index in [1.54, 1.807) is 0 Å². The van der Waals surface area contributed by atoms with E-state index in [1.807, 2.05) is 0 Å². The van der Waals surface area contributed by atoms with Gasteiger partial charge >= 0.3 is 6.18 Å². The van der Waals surface area contributed by atoms with Gasteiger partial charge in [0.25, 0.3) is 0 Å². The highest BCUT2D eigenvalue weighted by Gasteiger charge is 2.43. The van der Waals surface area contributed by atoms with Crippen molar-refractivity contribution in [3.05, 3.63) is 0 Å². The molecule has 2 atom stereocenters. The number of hydrogen-bond acceptors (Lipinski definition) is 0. The molecular formula is C21H35F3. The molecule has 0 nitrogen and oxygen atoms in total. The standard InChI is InChI=1S/C21H35F3/c1-2-3-15-4-5-19(14-15)18-8-6-16(7-9-18)17-10-12-20(13-11-17)21(22,23)24/h15-20H,2-14H2,1H3. The second kappa shape index (κ2) is 7.99. The van der Waals surface area contributed by atoms with Crippen molar-refractivity contribution in [2.75, 3.05) is 0 Å². The molecule has 0 spiro atoms. The summed E-state index contributed by atoms with van der Waals surface area (Å²) in [5, 5.41) is 0. The van der Waals surface area contributed by atoms with Crippen LogP contribution in [0.25, 0.3) is 0 Å². The average molecular weight is 345 g/mol. The van der Waals surface area contributed by atoms with E-state index in [4.69, 9.17) is 0 Å². The number of hydrogen-bond donors (Lipinski definition) is 0. The van der Waals surface area contributed by atoms with E-state index in [2.05, 4.69) is 6.92 Å². The Morgan fingerprint density at radius 2 is 1.12 bits per heavy atom. The van der Waals surface area contributed by atoms with Crippen molar-refractivity contribution in [3.8, 4) is 0 Å². The van der Waals surface area contributed by atoms with Crippen LogP contribution in [0, 0.1) is 35.5 Å². The molecule has 3 aliphatic carbocycles. The minimum absolute atomic E-state index is 0.384. The van der Waals surface area contributed by atoms with Gasteiger partial charge < -0.3 is 0 Å². The Balaban J connectivity index is 1.40. The van der Waals surface area contributed by atoms with Crippen LogP contribution in [0.5, 0.6) is 0 Å². The Labute approximate surface area is 146 Å². The number of rotatable bonds is 4. The van der Waals surface area contributed by atoms with Gasteiger partial charge in [0.2, 0.25) is 0 Å². The van der Waals surface area contributed by atoms with E-state index >= 15 is 0 Å². The van der Waals surface area contributed by atoms with Crippen molar-refractivity contribution in [2.24, 2.45) is 35.5 Å². The molecule has 0 aromatic heterocycles. The van der Waals surface area contributed by atoms with Crippen LogP contribution >= 0.6 is 0 Å². The molecule has 0 heterocycles. The fourth-order valence-electron chi connectivity index (χ4n) is 6.22. The number of alkyl halides is 3. The highest BCUT2D eigenvalue weighted by molar-refractivity contribution is 4.87. The van der Waals surface area contributed by atoms with Crippen molar-refractivity contribution < 1.29 is 13.2 Å². The van der Waals surface area contributed by atoms with Crippen LogP contribution < -0.4 is 0 Å². The van der Waals surface area contributed by atoms with Crippen molar-refractivity contribution in [2.45, 2.75) is 96.6 Å². The fraction of sp³-hybridized carbons (Fsp3) is 1.00. The molecular weight excluding hydrogens is 309 g/mol. The third-order valence-corrected chi connectivity index (χ3v) is 7.66. The highest BCUT2D eigenvalue weighted by Crippen LogP contribution is 2.48. The first-order valence-corrected chi connectivity index (χ1v) is 10.5. The van der Waals surface area contributed by atoms with Gasteiger partial charge in [-0.05, 0) is 93.8 Å². The van der Waals surface area contributed by atoms with Gasteiger partial charge in [0.05, 0.1) is 5.92 Å². The van der Waals surface area contributed by atoms with Gasteiger partial charge in [0.1, 0.15) is 0 Å². The van der Waals surface area contributed by atoms with Gasteiger partial charge in [-0.3, -0.25) is 0 Å². The zero-order chi connectivity index (χ0) is 17.2. The van der Waals surface area contributed by atoms with Gasteiger partial charge in [0.15, 0.2) is 0 Å². The highest BCUT2D eigenvalue weighted by atomic mass is 19.4. The summed E-state index contributed by atoms with van der Waals surface area (Å²) in [4.78, 5) is 0. The molecule has 3 fully saturated rings. The molecule has 0 amide bonds. The first-order valence-electron chi connectivity index (χ1n) is 10.5. The lowest BCUT2D eigenvalue weighted by molar-refractivity contribution is -0.185. The van der Waals surface area contributed by atoms with E-state index < -0.39 is 12.1 Å². The monoisotopic (exact) mass is 344 g/mol. The molecule has 2 unspecified atom stereocenters. The van der Waals surface area contributed by atoms with Crippen LogP contribution in [0.4, 0.5) is 13.2 Å². The Hall–Kier alpha value is -0.210. The normalized spacial score (nSPS) is 41.5. The Morgan fingerprint density at radius 3 is 1.62 bits per heavy atom. The summed E-state index contributed by atoms with van der Waals surface area (Å²) < 4.78 is 38.5. The molecule has 3 saturated carbocycles. The fourth-order valence-corrected chi connectivity index (χ4v) is 6.22. The van der Waals surface area contributed by atoms with Crippen LogP contribution in [-0.4, -0.2) is 6.18 Å². The minimum Gasteiger partial charge on any atom is -0.171 e. The van der Waals surface area contributed by atoms with E-state index in [1.165, 1.54) is 57.8 Å². The molecule has 0 aliphatic heterocycles. The quantitative estimate of drug-likeness (QED) is 0.499. The Bertz CT molecular complexity index is 373. The molecule has 0 bridgehead atoms. The number of halogens is 3. The summed E-state index contributed by atoms with van der Waals surface area (Å²) in [5.41, 5.74) is 0. The van der Waals surface area contributed by atoms with Crippen LogP contribution in [0.2, 0.25) is 0 Å². The van der Waals surface area contributed by atoms with Crippen molar-refractivity contribution >= 4 is 0 Å². The first kappa shape index (κ1) is 18.6. The third-order valence-electron chi connectivity index (χ3n) is 7.66. The summed E-state index contributed by atoms with van der Waals surface area (Å²) >= 11 is 0. The van der Waals surface area contributed by atoms with E-state index in [0.717, 1.165) is 36.5 Å². The minimum atomic E-state index is -3.96. The maximum absolute atomic E-state index is 12.8. The van der Waals surface area contributed by atoms with Crippen molar-refractivity contribution in [3.63, 3.8) is 0 Å². The van der Waals surface area contributed by atoms with Gasteiger partial charge in [-0.15, -0.1) is 0 Å². The third kappa shape index (κ3) is 4.49. The molecule has 3 aliphatic rings. The summed E-state index contributed by atoms with van der Waals surface area (Å²) in [7, 11) is 0. The summed E-state index contributed by atoms with van der Waals surface area (Å²) in [6, 6.07) is 0. The molecule has 0 radical (unpaired) electrons. The Morgan fingerprint density at radius 1 is 0.667 bits per heavy atom. The van der Waals surface area contributed by atoms with Crippen LogP contribution in [0.3, 0.4) is 0 Å². The van der Waals surface area contributed by atoms with Crippen molar-refractivity contribution in [1.82, 2.24) is 0 Å². The smallest absolute Gasteiger partial charge is 0.171 e.